The summed E-state index contributed by atoms with van der Waals surface area (Å²) in [4.78, 5) is 12.0. The van der Waals surface area contributed by atoms with Crippen molar-refractivity contribution < 1.29 is 13.9 Å². The maximum Gasteiger partial charge on any atom is 0.262 e. The van der Waals surface area contributed by atoms with Gasteiger partial charge in [-0.25, -0.2) is 4.39 Å². The molecule has 0 aromatic heterocycles. The molecule has 0 heterocycles. The molecule has 128 valence electrons. The molecule has 1 N–H and O–H groups in total. The zero-order chi connectivity index (χ0) is 18.0. The Morgan fingerprint density at radius 3 is 2.21 bits per heavy atom. The Morgan fingerprint density at radius 1 is 1.08 bits per heavy atom. The Morgan fingerprint density at radius 2 is 1.67 bits per heavy atom. The van der Waals surface area contributed by atoms with Crippen molar-refractivity contribution >= 4 is 58.0 Å². The largest absolute Gasteiger partial charge is 0.481 e. The maximum absolute atomic E-state index is 13.1. The van der Waals surface area contributed by atoms with E-state index in [-0.39, 0.29) is 27.4 Å². The molecule has 0 bridgehead atoms. The van der Waals surface area contributed by atoms with Gasteiger partial charge in [0, 0.05) is 10.7 Å². The van der Waals surface area contributed by atoms with Crippen LogP contribution in [0.5, 0.6) is 5.75 Å². The van der Waals surface area contributed by atoms with Gasteiger partial charge in [-0.1, -0.05) is 46.4 Å². The minimum Gasteiger partial charge on any atom is -0.481 e. The zero-order valence-corrected chi connectivity index (χ0v) is 15.7. The van der Waals surface area contributed by atoms with Crippen molar-refractivity contribution in [2.24, 2.45) is 0 Å². The Kier molecular flexibility index (Phi) is 6.21. The smallest absolute Gasteiger partial charge is 0.262 e. The minimum absolute atomic E-state index is 0.0937. The van der Waals surface area contributed by atoms with Crippen LogP contribution in [0, 0.1) is 19.7 Å². The van der Waals surface area contributed by atoms with Crippen molar-refractivity contribution in [1.82, 2.24) is 0 Å². The van der Waals surface area contributed by atoms with Crippen LogP contribution in [0.25, 0.3) is 0 Å². The molecule has 2 rings (SSSR count). The number of nitrogens with one attached hydrogen (secondary N) is 1. The van der Waals surface area contributed by atoms with E-state index in [0.29, 0.717) is 21.8 Å². The molecule has 0 aliphatic rings. The first-order chi connectivity index (χ1) is 11.2. The first kappa shape index (κ1) is 19.1. The predicted octanol–water partition coefficient (Wildman–Crippen LogP) is 6.07. The third-order valence-electron chi connectivity index (χ3n) is 3.27. The lowest BCUT2D eigenvalue weighted by molar-refractivity contribution is -0.118. The molecule has 0 spiro atoms. The molecule has 1 amide bonds. The lowest BCUT2D eigenvalue weighted by Gasteiger charge is -2.15. The molecule has 2 aromatic rings. The van der Waals surface area contributed by atoms with Gasteiger partial charge in [-0.15, -0.1) is 0 Å². The Hall–Kier alpha value is -1.20. The topological polar surface area (TPSA) is 38.3 Å². The first-order valence-corrected chi connectivity index (χ1v) is 8.25. The summed E-state index contributed by atoms with van der Waals surface area (Å²) in [6.07, 6.45) is 0. The molecule has 0 unspecified atom stereocenters. The van der Waals surface area contributed by atoms with Crippen LogP contribution < -0.4 is 10.1 Å². The molecule has 0 aliphatic heterocycles. The summed E-state index contributed by atoms with van der Waals surface area (Å²) in [7, 11) is 0. The molecule has 2 aromatic carbocycles. The van der Waals surface area contributed by atoms with Gasteiger partial charge in [0.1, 0.15) is 5.82 Å². The Balaban J connectivity index is 2.11. The SMILES string of the molecule is Cc1c(Cl)c(C)c(Cl)c(OCC(=O)Nc2ccc(F)c(Cl)c2)c1Cl. The van der Waals surface area contributed by atoms with E-state index in [0.717, 1.165) is 6.07 Å². The number of benzene rings is 2. The molecular weight excluding hydrogens is 399 g/mol. The predicted molar refractivity (Wildman–Crippen MR) is 96.5 cm³/mol. The van der Waals surface area contributed by atoms with Crippen molar-refractivity contribution in [3.63, 3.8) is 0 Å². The van der Waals surface area contributed by atoms with Gasteiger partial charge in [0.25, 0.3) is 5.91 Å². The highest BCUT2D eigenvalue weighted by atomic mass is 35.5. The average molecular weight is 411 g/mol. The standard InChI is InChI=1S/C16H12Cl4FNO2/c1-7-13(18)8(2)15(20)16(14(7)19)24-6-12(23)22-9-3-4-11(21)10(17)5-9/h3-5H,6H2,1-2H3,(H,22,23). The first-order valence-electron chi connectivity index (χ1n) is 6.73. The zero-order valence-electron chi connectivity index (χ0n) is 12.6. The van der Waals surface area contributed by atoms with Crippen molar-refractivity contribution in [3.05, 3.63) is 55.2 Å². The van der Waals surface area contributed by atoms with Crippen molar-refractivity contribution in [3.8, 4) is 5.75 Å². The fourth-order valence-electron chi connectivity index (χ4n) is 1.95. The molecule has 0 saturated heterocycles. The summed E-state index contributed by atoms with van der Waals surface area (Å²) in [5, 5.41) is 3.37. The van der Waals surface area contributed by atoms with E-state index in [1.54, 1.807) is 13.8 Å². The number of ether oxygens (including phenoxy) is 1. The van der Waals surface area contributed by atoms with E-state index >= 15 is 0 Å². The molecule has 3 nitrogen and oxygen atoms in total. The third-order valence-corrected chi connectivity index (χ3v) is 5.03. The van der Waals surface area contributed by atoms with Crippen molar-refractivity contribution in [1.29, 1.82) is 0 Å². The average Bonchev–Trinajstić information content (AvgIpc) is 2.54. The molecule has 0 saturated carbocycles. The summed E-state index contributed by atoms with van der Waals surface area (Å²) >= 11 is 24.1. The Labute approximate surface area is 158 Å². The number of hydrogen-bond donors (Lipinski definition) is 1. The van der Waals surface area contributed by atoms with E-state index in [9.17, 15) is 9.18 Å². The second-order valence-corrected chi connectivity index (χ2v) is 6.53. The number of amides is 1. The number of carbonyl (C=O) groups excluding carboxylic acids is 1. The van der Waals surface area contributed by atoms with Crippen LogP contribution in [-0.2, 0) is 4.79 Å². The van der Waals surface area contributed by atoms with Gasteiger partial charge < -0.3 is 10.1 Å². The highest BCUT2D eigenvalue weighted by Crippen LogP contribution is 2.42. The van der Waals surface area contributed by atoms with Crippen LogP contribution in [-0.4, -0.2) is 12.5 Å². The summed E-state index contributed by atoms with van der Waals surface area (Å²) in [6.45, 7) is 3.11. The molecule has 0 atom stereocenters. The van der Waals surface area contributed by atoms with E-state index in [1.165, 1.54) is 12.1 Å². The second kappa shape index (κ2) is 7.79. The van der Waals surface area contributed by atoms with Gasteiger partial charge in [0.15, 0.2) is 12.4 Å². The second-order valence-electron chi connectivity index (χ2n) is 4.99. The van der Waals surface area contributed by atoms with Crippen molar-refractivity contribution in [2.75, 3.05) is 11.9 Å². The van der Waals surface area contributed by atoms with Crippen molar-refractivity contribution in [2.45, 2.75) is 13.8 Å². The highest BCUT2D eigenvalue weighted by Gasteiger charge is 2.18. The third kappa shape index (κ3) is 4.06. The van der Waals surface area contributed by atoms with Gasteiger partial charge >= 0.3 is 0 Å². The van der Waals surface area contributed by atoms with E-state index in [2.05, 4.69) is 5.32 Å². The fourth-order valence-corrected chi connectivity index (χ4v) is 2.95. The van der Waals surface area contributed by atoms with Crippen LogP contribution >= 0.6 is 46.4 Å². The number of rotatable bonds is 4. The Bertz CT molecular complexity index is 782. The van der Waals surface area contributed by atoms with Gasteiger partial charge in [0.05, 0.1) is 15.1 Å². The fraction of sp³-hybridized carbons (Fsp3) is 0.188. The van der Waals surface area contributed by atoms with Gasteiger partial charge in [-0.3, -0.25) is 4.79 Å². The van der Waals surface area contributed by atoms with Crippen LogP contribution in [0.4, 0.5) is 10.1 Å². The highest BCUT2D eigenvalue weighted by molar-refractivity contribution is 6.42. The number of anilines is 1. The van der Waals surface area contributed by atoms with Crippen LogP contribution in [0.2, 0.25) is 20.1 Å². The maximum atomic E-state index is 13.1. The monoisotopic (exact) mass is 409 g/mol. The molecule has 8 heteroatoms. The molecular formula is C16H12Cl4FNO2. The van der Waals surface area contributed by atoms with E-state index < -0.39 is 11.7 Å². The molecule has 0 radical (unpaired) electrons. The van der Waals surface area contributed by atoms with Gasteiger partial charge in [-0.2, -0.15) is 0 Å². The normalized spacial score (nSPS) is 10.6. The summed E-state index contributed by atoms with van der Waals surface area (Å²) < 4.78 is 18.5. The van der Waals surface area contributed by atoms with Gasteiger partial charge in [-0.05, 0) is 43.2 Å². The van der Waals surface area contributed by atoms with Gasteiger partial charge in [0.2, 0.25) is 0 Å². The van der Waals surface area contributed by atoms with Crippen LogP contribution in [0.1, 0.15) is 11.1 Å². The van der Waals surface area contributed by atoms with E-state index in [1.807, 2.05) is 0 Å². The van der Waals surface area contributed by atoms with Crippen LogP contribution in [0.3, 0.4) is 0 Å². The summed E-state index contributed by atoms with van der Waals surface area (Å²) in [5.74, 6) is -0.864. The lowest BCUT2D eigenvalue weighted by atomic mass is 10.1. The molecule has 0 aliphatic carbocycles. The summed E-state index contributed by atoms with van der Waals surface area (Å²) in [5.41, 5.74) is 1.57. The molecule has 24 heavy (non-hydrogen) atoms. The van der Waals surface area contributed by atoms with E-state index in [4.69, 9.17) is 51.1 Å². The number of carbonyl (C=O) groups is 1. The lowest BCUT2D eigenvalue weighted by Crippen LogP contribution is -2.20. The van der Waals surface area contributed by atoms with Crippen LogP contribution in [0.15, 0.2) is 18.2 Å². The minimum atomic E-state index is -0.573. The number of halogens is 5. The quantitative estimate of drug-likeness (QED) is 0.663. The number of hydrogen-bond acceptors (Lipinski definition) is 2. The summed E-state index contributed by atoms with van der Waals surface area (Å²) in [6, 6.07) is 3.83. The molecule has 0 fully saturated rings.